The molecular weight excluding hydrogens is 330 g/mol. The summed E-state index contributed by atoms with van der Waals surface area (Å²) in [5.41, 5.74) is 2.07. The van der Waals surface area contributed by atoms with Gasteiger partial charge in [-0.2, -0.15) is 0 Å². The molecule has 0 aromatic heterocycles. The Labute approximate surface area is 153 Å². The van der Waals surface area contributed by atoms with Crippen LogP contribution in [0, 0.1) is 17.8 Å². The minimum Gasteiger partial charge on any atom is -0.452 e. The number of ether oxygens (including phenoxy) is 1. The molecule has 0 saturated heterocycles. The molecule has 3 aliphatic rings. The number of ketones is 1. The largest absolute Gasteiger partial charge is 0.452 e. The topological polar surface area (TPSA) is 63.7 Å². The summed E-state index contributed by atoms with van der Waals surface area (Å²) in [6, 6.07) is 7.84. The zero-order chi connectivity index (χ0) is 18.3. The van der Waals surface area contributed by atoms with E-state index in [1.807, 2.05) is 24.3 Å². The Balaban J connectivity index is 1.39. The van der Waals surface area contributed by atoms with Gasteiger partial charge in [-0.25, -0.2) is 0 Å². The molecule has 2 aliphatic carbocycles. The van der Waals surface area contributed by atoms with Crippen molar-refractivity contribution in [2.75, 3.05) is 11.4 Å². The Kier molecular flexibility index (Phi) is 4.55. The second-order valence-corrected chi connectivity index (χ2v) is 7.84. The molecule has 0 N–H and O–H groups in total. The summed E-state index contributed by atoms with van der Waals surface area (Å²) in [6.45, 7) is 2.28. The Morgan fingerprint density at radius 1 is 1.15 bits per heavy atom. The third-order valence-electron chi connectivity index (χ3n) is 6.18. The van der Waals surface area contributed by atoms with Crippen molar-refractivity contribution < 1.29 is 19.1 Å². The van der Waals surface area contributed by atoms with Gasteiger partial charge < -0.3 is 9.64 Å². The predicted octanol–water partition coefficient (Wildman–Crippen LogP) is 2.90. The van der Waals surface area contributed by atoms with E-state index in [0.29, 0.717) is 25.2 Å². The molecule has 5 heteroatoms. The van der Waals surface area contributed by atoms with E-state index in [9.17, 15) is 14.4 Å². The van der Waals surface area contributed by atoms with Crippen LogP contribution in [0.1, 0.15) is 44.6 Å². The molecule has 1 aromatic carbocycles. The molecule has 1 aliphatic heterocycles. The molecule has 4 rings (SSSR count). The molecule has 138 valence electrons. The van der Waals surface area contributed by atoms with Crippen molar-refractivity contribution in [2.45, 2.75) is 51.6 Å². The predicted molar refractivity (Wildman–Crippen MR) is 96.6 cm³/mol. The van der Waals surface area contributed by atoms with Gasteiger partial charge in [-0.15, -0.1) is 0 Å². The highest BCUT2D eigenvalue weighted by Crippen LogP contribution is 2.40. The van der Waals surface area contributed by atoms with Crippen molar-refractivity contribution in [3.63, 3.8) is 0 Å². The molecule has 5 nitrogen and oxygen atoms in total. The average molecular weight is 355 g/mol. The third kappa shape index (κ3) is 3.04. The lowest BCUT2D eigenvalue weighted by molar-refractivity contribution is -0.161. The second-order valence-electron chi connectivity index (χ2n) is 7.84. The van der Waals surface area contributed by atoms with Crippen LogP contribution in [0.15, 0.2) is 24.3 Å². The van der Waals surface area contributed by atoms with E-state index >= 15 is 0 Å². The van der Waals surface area contributed by atoms with Gasteiger partial charge in [0.1, 0.15) is 5.78 Å². The maximum atomic E-state index is 12.8. The van der Waals surface area contributed by atoms with E-state index in [4.69, 9.17) is 4.74 Å². The first kappa shape index (κ1) is 17.3. The number of para-hydroxylation sites is 1. The standard InChI is InChI=1S/C21H25NO4/c1-13(20(24)22-10-9-14-5-2-3-8-18(14)22)26-21(25)17-11-15-6-4-7-16(12-17)19(15)23/h2-3,5,8,13,15-17H,4,6-7,9-12H2,1H3/t13-,15-,16-/m0/s1. The number of hydrogen-bond acceptors (Lipinski definition) is 4. The summed E-state index contributed by atoms with van der Waals surface area (Å²) in [4.78, 5) is 39.3. The number of benzene rings is 1. The highest BCUT2D eigenvalue weighted by atomic mass is 16.5. The summed E-state index contributed by atoms with van der Waals surface area (Å²) < 4.78 is 5.54. The highest BCUT2D eigenvalue weighted by Gasteiger charge is 2.42. The summed E-state index contributed by atoms with van der Waals surface area (Å²) in [6.07, 6.45) is 4.05. The number of nitrogens with zero attached hydrogens (tertiary/aromatic N) is 1. The molecule has 0 spiro atoms. The van der Waals surface area contributed by atoms with Crippen LogP contribution in [0.5, 0.6) is 0 Å². The van der Waals surface area contributed by atoms with Crippen LogP contribution in [0.3, 0.4) is 0 Å². The molecule has 2 saturated carbocycles. The number of carbonyl (C=O) groups excluding carboxylic acids is 3. The van der Waals surface area contributed by atoms with Crippen molar-refractivity contribution in [3.8, 4) is 0 Å². The van der Waals surface area contributed by atoms with Crippen molar-refractivity contribution in [1.82, 2.24) is 0 Å². The van der Waals surface area contributed by atoms with Gasteiger partial charge in [0.05, 0.1) is 5.92 Å². The van der Waals surface area contributed by atoms with E-state index in [1.54, 1.807) is 11.8 Å². The molecule has 2 bridgehead atoms. The van der Waals surface area contributed by atoms with Crippen LogP contribution in [0.25, 0.3) is 0 Å². The third-order valence-corrected chi connectivity index (χ3v) is 6.18. The van der Waals surface area contributed by atoms with Crippen LogP contribution in [-0.4, -0.2) is 30.3 Å². The van der Waals surface area contributed by atoms with E-state index in [0.717, 1.165) is 36.9 Å². The molecule has 1 aromatic rings. The number of hydrogen-bond donors (Lipinski definition) is 0. The Morgan fingerprint density at radius 2 is 1.85 bits per heavy atom. The molecular formula is C21H25NO4. The summed E-state index contributed by atoms with van der Waals surface area (Å²) in [5.74, 6) is -0.381. The number of rotatable bonds is 3. The van der Waals surface area contributed by atoms with E-state index in [2.05, 4.69) is 0 Å². The first-order valence-electron chi connectivity index (χ1n) is 9.68. The van der Waals surface area contributed by atoms with E-state index in [-0.39, 0.29) is 29.6 Å². The molecule has 26 heavy (non-hydrogen) atoms. The molecule has 0 unspecified atom stereocenters. The van der Waals surface area contributed by atoms with Crippen molar-refractivity contribution in [2.24, 2.45) is 17.8 Å². The minimum atomic E-state index is -0.800. The van der Waals surface area contributed by atoms with Crippen LogP contribution >= 0.6 is 0 Å². The van der Waals surface area contributed by atoms with Gasteiger partial charge in [-0.1, -0.05) is 24.6 Å². The number of amides is 1. The summed E-state index contributed by atoms with van der Waals surface area (Å²) >= 11 is 0. The minimum absolute atomic E-state index is 0.0107. The van der Waals surface area contributed by atoms with Crippen LogP contribution in [0.4, 0.5) is 5.69 Å². The van der Waals surface area contributed by atoms with Gasteiger partial charge in [-0.3, -0.25) is 14.4 Å². The SMILES string of the molecule is C[C@H](OC(=O)C1C[C@@H]2CCC[C@@H](C1)C2=O)C(=O)N1CCc2ccccc21. The first-order chi connectivity index (χ1) is 12.5. The Bertz CT molecular complexity index is 727. The van der Waals surface area contributed by atoms with Crippen LogP contribution in [0.2, 0.25) is 0 Å². The Hall–Kier alpha value is -2.17. The van der Waals surface area contributed by atoms with Crippen molar-refractivity contribution >= 4 is 23.3 Å². The molecule has 2 fully saturated rings. The van der Waals surface area contributed by atoms with Crippen molar-refractivity contribution in [1.29, 1.82) is 0 Å². The molecule has 1 heterocycles. The number of anilines is 1. The number of Topliss-reactive ketones (excluding diaryl/α,β-unsaturated/α-hetero) is 1. The number of esters is 1. The fourth-order valence-corrected chi connectivity index (χ4v) is 4.78. The van der Waals surface area contributed by atoms with Gasteiger partial charge in [0, 0.05) is 24.1 Å². The van der Waals surface area contributed by atoms with Gasteiger partial charge >= 0.3 is 5.97 Å². The Morgan fingerprint density at radius 3 is 2.58 bits per heavy atom. The average Bonchev–Trinajstić information content (AvgIpc) is 3.04. The number of fused-ring (bicyclic) bond motifs is 3. The van der Waals surface area contributed by atoms with Crippen LogP contribution in [-0.2, 0) is 25.5 Å². The zero-order valence-electron chi connectivity index (χ0n) is 15.1. The van der Waals surface area contributed by atoms with Crippen molar-refractivity contribution in [3.05, 3.63) is 29.8 Å². The monoisotopic (exact) mass is 355 g/mol. The molecule has 1 amide bonds. The van der Waals surface area contributed by atoms with Gasteiger partial charge in [0.25, 0.3) is 5.91 Å². The van der Waals surface area contributed by atoms with Gasteiger partial charge in [-0.05, 0) is 50.7 Å². The lowest BCUT2D eigenvalue weighted by Gasteiger charge is -2.36. The fraction of sp³-hybridized carbons (Fsp3) is 0.571. The second kappa shape index (κ2) is 6.86. The maximum absolute atomic E-state index is 12.8. The first-order valence-corrected chi connectivity index (χ1v) is 9.68. The molecule has 3 atom stereocenters. The van der Waals surface area contributed by atoms with E-state index < -0.39 is 6.10 Å². The summed E-state index contributed by atoms with van der Waals surface area (Å²) in [5, 5.41) is 0. The molecule has 0 radical (unpaired) electrons. The quantitative estimate of drug-likeness (QED) is 0.782. The van der Waals surface area contributed by atoms with E-state index in [1.165, 1.54) is 0 Å². The highest BCUT2D eigenvalue weighted by molar-refractivity contribution is 5.99. The van der Waals surface area contributed by atoms with Crippen LogP contribution < -0.4 is 4.90 Å². The fourth-order valence-electron chi connectivity index (χ4n) is 4.78. The lowest BCUT2D eigenvalue weighted by atomic mass is 9.67. The van der Waals surface area contributed by atoms with Gasteiger partial charge in [0.2, 0.25) is 0 Å². The lowest BCUT2D eigenvalue weighted by Crippen LogP contribution is -2.43. The maximum Gasteiger partial charge on any atom is 0.309 e. The summed E-state index contributed by atoms with van der Waals surface area (Å²) in [7, 11) is 0. The number of carbonyl (C=O) groups is 3. The normalized spacial score (nSPS) is 28.4. The van der Waals surface area contributed by atoms with Gasteiger partial charge in [0.15, 0.2) is 6.10 Å². The smallest absolute Gasteiger partial charge is 0.309 e. The zero-order valence-corrected chi connectivity index (χ0v) is 15.1.